The average molecular weight is 263 g/mol. The summed E-state index contributed by atoms with van der Waals surface area (Å²) in [5.41, 5.74) is 3.59. The average Bonchev–Trinajstić information content (AvgIpc) is 2.28. The van der Waals surface area contributed by atoms with Crippen LogP contribution in [0, 0.1) is 31.1 Å². The maximum Gasteiger partial charge on any atom is 0.0644 e. The highest BCUT2D eigenvalue weighted by molar-refractivity contribution is 6.33. The molecule has 1 aromatic rings. The summed E-state index contributed by atoms with van der Waals surface area (Å²) < 4.78 is 0. The van der Waals surface area contributed by atoms with Crippen molar-refractivity contribution in [3.63, 3.8) is 0 Å². The minimum absolute atomic E-state index is 0.487. The number of anilines is 1. The summed E-state index contributed by atoms with van der Waals surface area (Å²) in [4.78, 5) is 2.35. The Hall–Kier alpha value is -1.20. The molecule has 0 aromatic heterocycles. The first-order valence-corrected chi connectivity index (χ1v) is 6.88. The summed E-state index contributed by atoms with van der Waals surface area (Å²) in [5, 5.41) is 9.66. The lowest BCUT2D eigenvalue weighted by Gasteiger charge is -2.35. The van der Waals surface area contributed by atoms with Gasteiger partial charge in [0.1, 0.15) is 0 Å². The first-order valence-electron chi connectivity index (χ1n) is 6.50. The molecule has 2 rings (SSSR count). The molecule has 1 unspecified atom stereocenters. The third-order valence-electron chi connectivity index (χ3n) is 3.61. The highest BCUT2D eigenvalue weighted by atomic mass is 35.5. The zero-order chi connectivity index (χ0) is 13.1. The molecule has 1 aliphatic rings. The zero-order valence-corrected chi connectivity index (χ0v) is 11.8. The lowest BCUT2D eigenvalue weighted by Crippen LogP contribution is -2.35. The number of rotatable bonds is 2. The van der Waals surface area contributed by atoms with Crippen LogP contribution in [0.25, 0.3) is 0 Å². The Balaban J connectivity index is 2.24. The van der Waals surface area contributed by atoms with Crippen molar-refractivity contribution in [3.05, 3.63) is 28.3 Å². The lowest BCUT2D eigenvalue weighted by molar-refractivity contribution is 0.421. The maximum atomic E-state index is 8.83. The van der Waals surface area contributed by atoms with Gasteiger partial charge >= 0.3 is 0 Å². The number of hydrogen-bond acceptors (Lipinski definition) is 2. The van der Waals surface area contributed by atoms with E-state index in [4.69, 9.17) is 16.9 Å². The SMILES string of the molecule is Cc1cc(C)c(N2CCCC(CC#N)C2)c(Cl)c1. The number of nitrogens with zero attached hydrogens (tertiary/aromatic N) is 2. The van der Waals surface area contributed by atoms with E-state index in [-0.39, 0.29) is 0 Å². The minimum Gasteiger partial charge on any atom is -0.370 e. The molecule has 1 fully saturated rings. The van der Waals surface area contributed by atoms with Crippen LogP contribution in [-0.2, 0) is 0 Å². The quantitative estimate of drug-likeness (QED) is 0.803. The van der Waals surface area contributed by atoms with Crippen molar-refractivity contribution in [1.29, 1.82) is 5.26 Å². The second-order valence-corrected chi connectivity index (χ2v) is 5.64. The molecule has 0 spiro atoms. The molecule has 1 aromatic carbocycles. The van der Waals surface area contributed by atoms with E-state index >= 15 is 0 Å². The standard InChI is InChI=1S/C15H19ClN2/c1-11-8-12(2)15(14(16)9-11)18-7-3-4-13(10-18)5-6-17/h8-9,13H,3-5,7,10H2,1-2H3. The van der Waals surface area contributed by atoms with E-state index in [1.54, 1.807) is 0 Å². The summed E-state index contributed by atoms with van der Waals surface area (Å²) in [6, 6.07) is 6.49. The van der Waals surface area contributed by atoms with Crippen LogP contribution >= 0.6 is 11.6 Å². The number of aryl methyl sites for hydroxylation is 2. The van der Waals surface area contributed by atoms with Crippen LogP contribution in [0.3, 0.4) is 0 Å². The van der Waals surface area contributed by atoms with Gasteiger partial charge in [0.05, 0.1) is 16.8 Å². The van der Waals surface area contributed by atoms with Crippen LogP contribution in [0.15, 0.2) is 12.1 Å². The summed E-state index contributed by atoms with van der Waals surface area (Å²) >= 11 is 6.39. The molecule has 1 saturated heterocycles. The van der Waals surface area contributed by atoms with Crippen molar-refractivity contribution >= 4 is 17.3 Å². The number of benzene rings is 1. The van der Waals surface area contributed by atoms with Crippen molar-refractivity contribution in [3.8, 4) is 6.07 Å². The van der Waals surface area contributed by atoms with Gasteiger partial charge in [-0.05, 0) is 49.8 Å². The van der Waals surface area contributed by atoms with Gasteiger partial charge in [-0.3, -0.25) is 0 Å². The van der Waals surface area contributed by atoms with Crippen LogP contribution in [-0.4, -0.2) is 13.1 Å². The number of nitriles is 1. The topological polar surface area (TPSA) is 27.0 Å². The molecule has 1 atom stereocenters. The highest BCUT2D eigenvalue weighted by Crippen LogP contribution is 2.34. The first kappa shape index (κ1) is 13.2. The number of halogens is 1. The molecular formula is C15H19ClN2. The predicted molar refractivity (Wildman–Crippen MR) is 76.1 cm³/mol. The van der Waals surface area contributed by atoms with Gasteiger partial charge in [0.25, 0.3) is 0 Å². The molecule has 0 aliphatic carbocycles. The van der Waals surface area contributed by atoms with Crippen molar-refractivity contribution in [2.45, 2.75) is 33.1 Å². The predicted octanol–water partition coefficient (Wildman–Crippen LogP) is 4.09. The molecule has 96 valence electrons. The third kappa shape index (κ3) is 2.79. The Bertz CT molecular complexity index is 453. The van der Waals surface area contributed by atoms with Gasteiger partial charge in [-0.25, -0.2) is 0 Å². The Morgan fingerprint density at radius 2 is 2.22 bits per heavy atom. The fraction of sp³-hybridized carbons (Fsp3) is 0.533. The summed E-state index contributed by atoms with van der Waals surface area (Å²) in [6.07, 6.45) is 2.96. The minimum atomic E-state index is 0.487. The fourth-order valence-electron chi connectivity index (χ4n) is 2.87. The number of hydrogen-bond donors (Lipinski definition) is 0. The van der Waals surface area contributed by atoms with Crippen molar-refractivity contribution in [2.75, 3.05) is 18.0 Å². The van der Waals surface area contributed by atoms with Gasteiger partial charge in [-0.15, -0.1) is 0 Å². The second-order valence-electron chi connectivity index (χ2n) is 5.23. The van der Waals surface area contributed by atoms with Gasteiger partial charge in [0, 0.05) is 19.5 Å². The fourth-order valence-corrected chi connectivity index (χ4v) is 3.31. The summed E-state index contributed by atoms with van der Waals surface area (Å²) in [6.45, 7) is 6.18. The Labute approximate surface area is 114 Å². The van der Waals surface area contributed by atoms with Crippen LogP contribution < -0.4 is 4.90 Å². The molecule has 2 nitrogen and oxygen atoms in total. The molecular weight excluding hydrogens is 244 g/mol. The van der Waals surface area contributed by atoms with Gasteiger partial charge in [-0.2, -0.15) is 5.26 Å². The zero-order valence-electron chi connectivity index (χ0n) is 11.0. The maximum absolute atomic E-state index is 8.83. The van der Waals surface area contributed by atoms with Crippen LogP contribution in [0.4, 0.5) is 5.69 Å². The molecule has 3 heteroatoms. The second kappa shape index (κ2) is 5.63. The highest BCUT2D eigenvalue weighted by Gasteiger charge is 2.22. The van der Waals surface area contributed by atoms with Crippen molar-refractivity contribution in [2.24, 2.45) is 5.92 Å². The van der Waals surface area contributed by atoms with E-state index in [1.807, 2.05) is 6.07 Å². The Kier molecular flexibility index (Phi) is 4.14. The van der Waals surface area contributed by atoms with Gasteiger partial charge in [-0.1, -0.05) is 17.7 Å². The first-order chi connectivity index (χ1) is 8.61. The van der Waals surface area contributed by atoms with E-state index in [0.717, 1.165) is 36.6 Å². The molecule has 0 amide bonds. The Morgan fingerprint density at radius 1 is 1.44 bits per heavy atom. The van der Waals surface area contributed by atoms with Crippen molar-refractivity contribution < 1.29 is 0 Å². The molecule has 0 saturated carbocycles. The largest absolute Gasteiger partial charge is 0.370 e. The third-order valence-corrected chi connectivity index (χ3v) is 3.90. The van der Waals surface area contributed by atoms with E-state index in [2.05, 4.69) is 30.9 Å². The molecule has 18 heavy (non-hydrogen) atoms. The van der Waals surface area contributed by atoms with Gasteiger partial charge < -0.3 is 4.90 Å². The van der Waals surface area contributed by atoms with E-state index in [0.29, 0.717) is 12.3 Å². The molecule has 1 heterocycles. The lowest BCUT2D eigenvalue weighted by atomic mass is 9.94. The monoisotopic (exact) mass is 262 g/mol. The van der Waals surface area contributed by atoms with Gasteiger partial charge in [0.15, 0.2) is 0 Å². The molecule has 0 bridgehead atoms. The summed E-state index contributed by atoms with van der Waals surface area (Å²) in [5.74, 6) is 0.487. The molecule has 1 aliphatic heterocycles. The van der Waals surface area contributed by atoms with E-state index in [1.165, 1.54) is 11.1 Å². The van der Waals surface area contributed by atoms with Crippen molar-refractivity contribution in [1.82, 2.24) is 0 Å². The molecule has 0 radical (unpaired) electrons. The molecule has 0 N–H and O–H groups in total. The number of piperidine rings is 1. The summed E-state index contributed by atoms with van der Waals surface area (Å²) in [7, 11) is 0. The van der Waals surface area contributed by atoms with E-state index < -0.39 is 0 Å². The van der Waals surface area contributed by atoms with Crippen LogP contribution in [0.1, 0.15) is 30.4 Å². The Morgan fingerprint density at radius 3 is 2.89 bits per heavy atom. The smallest absolute Gasteiger partial charge is 0.0644 e. The normalized spacial score (nSPS) is 19.7. The van der Waals surface area contributed by atoms with E-state index in [9.17, 15) is 0 Å². The van der Waals surface area contributed by atoms with Crippen LogP contribution in [0.5, 0.6) is 0 Å². The van der Waals surface area contributed by atoms with Gasteiger partial charge in [0.2, 0.25) is 0 Å². The van der Waals surface area contributed by atoms with Crippen LogP contribution in [0.2, 0.25) is 5.02 Å².